The Bertz CT molecular complexity index is 136. The molecule has 0 saturated heterocycles. The van der Waals surface area contributed by atoms with Crippen molar-refractivity contribution in [2.24, 2.45) is 16.6 Å². The summed E-state index contributed by atoms with van der Waals surface area (Å²) in [5.41, 5.74) is 5.99. The molecule has 0 bridgehead atoms. The zero-order valence-electron chi connectivity index (χ0n) is 9.81. The van der Waals surface area contributed by atoms with Crippen LogP contribution in [0, 0.1) is 10.8 Å². The number of hydrogen-bond acceptors (Lipinski definition) is 2. The van der Waals surface area contributed by atoms with Gasteiger partial charge >= 0.3 is 0 Å². The second-order valence-electron chi connectivity index (χ2n) is 5.74. The third-order valence-electron chi connectivity index (χ3n) is 1.76. The van der Waals surface area contributed by atoms with Gasteiger partial charge in [-0.3, -0.25) is 0 Å². The summed E-state index contributed by atoms with van der Waals surface area (Å²) in [4.78, 5) is 0. The molecule has 0 rings (SSSR count). The Morgan fingerprint density at radius 3 is 2.00 bits per heavy atom. The smallest absolute Gasteiger partial charge is 0.0588 e. The number of ether oxygens (including phenoxy) is 1. The van der Waals surface area contributed by atoms with Gasteiger partial charge in [0.2, 0.25) is 0 Å². The van der Waals surface area contributed by atoms with E-state index in [2.05, 4.69) is 34.6 Å². The van der Waals surface area contributed by atoms with E-state index < -0.39 is 0 Å². The number of nitrogens with two attached hydrogens (primary N) is 1. The molecule has 0 aliphatic heterocycles. The molecule has 0 aliphatic carbocycles. The average molecular weight is 187 g/mol. The summed E-state index contributed by atoms with van der Waals surface area (Å²) in [5, 5.41) is 0. The number of rotatable bonds is 5. The maximum Gasteiger partial charge on any atom is 0.0588 e. The van der Waals surface area contributed by atoms with Crippen molar-refractivity contribution in [3.05, 3.63) is 0 Å². The van der Waals surface area contributed by atoms with Gasteiger partial charge in [-0.1, -0.05) is 34.6 Å². The van der Waals surface area contributed by atoms with E-state index in [1.165, 1.54) is 6.42 Å². The van der Waals surface area contributed by atoms with Gasteiger partial charge in [0.1, 0.15) is 0 Å². The highest BCUT2D eigenvalue weighted by Crippen LogP contribution is 2.33. The predicted molar refractivity (Wildman–Crippen MR) is 57.7 cm³/mol. The van der Waals surface area contributed by atoms with Crippen LogP contribution in [-0.4, -0.2) is 19.8 Å². The van der Waals surface area contributed by atoms with Crippen molar-refractivity contribution in [2.75, 3.05) is 19.8 Å². The molecule has 13 heavy (non-hydrogen) atoms. The van der Waals surface area contributed by atoms with E-state index in [0.717, 1.165) is 6.61 Å². The zero-order valence-corrected chi connectivity index (χ0v) is 9.81. The second kappa shape index (κ2) is 4.97. The van der Waals surface area contributed by atoms with Crippen molar-refractivity contribution >= 4 is 0 Å². The molecule has 0 aromatic heterocycles. The van der Waals surface area contributed by atoms with Crippen LogP contribution in [-0.2, 0) is 4.74 Å². The van der Waals surface area contributed by atoms with Gasteiger partial charge in [-0.05, 0) is 17.3 Å². The third kappa shape index (κ3) is 8.26. The first-order valence-corrected chi connectivity index (χ1v) is 5.05. The van der Waals surface area contributed by atoms with Gasteiger partial charge in [-0.25, -0.2) is 0 Å². The fraction of sp³-hybridized carbons (Fsp3) is 1.00. The van der Waals surface area contributed by atoms with Crippen LogP contribution < -0.4 is 5.73 Å². The molecule has 0 amide bonds. The van der Waals surface area contributed by atoms with Crippen molar-refractivity contribution in [3.8, 4) is 0 Å². The highest BCUT2D eigenvalue weighted by atomic mass is 16.5. The zero-order chi connectivity index (χ0) is 10.5. The molecular formula is C11H25NO. The normalized spacial score (nSPS) is 13.4. The van der Waals surface area contributed by atoms with Gasteiger partial charge < -0.3 is 10.5 Å². The van der Waals surface area contributed by atoms with Crippen LogP contribution in [0.1, 0.15) is 41.0 Å². The summed E-state index contributed by atoms with van der Waals surface area (Å²) >= 11 is 0. The lowest BCUT2D eigenvalue weighted by Gasteiger charge is -2.32. The van der Waals surface area contributed by atoms with Gasteiger partial charge in [0, 0.05) is 6.54 Å². The predicted octanol–water partition coefficient (Wildman–Crippen LogP) is 2.42. The monoisotopic (exact) mass is 187 g/mol. The molecule has 0 heterocycles. The molecule has 0 saturated carbocycles. The van der Waals surface area contributed by atoms with Gasteiger partial charge in [-0.15, -0.1) is 0 Å². The summed E-state index contributed by atoms with van der Waals surface area (Å²) in [6.45, 7) is 13.4. The fourth-order valence-electron chi connectivity index (χ4n) is 1.92. The highest BCUT2D eigenvalue weighted by molar-refractivity contribution is 4.75. The first kappa shape index (κ1) is 12.9. The Labute approximate surface area is 82.8 Å². The van der Waals surface area contributed by atoms with Crippen LogP contribution in [0.4, 0.5) is 0 Å². The SMILES string of the molecule is CC(C)(C)CC(C)(C)COCCN. The van der Waals surface area contributed by atoms with Crippen LogP contribution in [0.5, 0.6) is 0 Å². The van der Waals surface area contributed by atoms with Crippen LogP contribution in [0.15, 0.2) is 0 Å². The van der Waals surface area contributed by atoms with Crippen molar-refractivity contribution < 1.29 is 4.74 Å². The Balaban J connectivity index is 3.80. The van der Waals surface area contributed by atoms with E-state index >= 15 is 0 Å². The number of hydrogen-bond donors (Lipinski definition) is 1. The largest absolute Gasteiger partial charge is 0.380 e. The molecule has 0 unspecified atom stereocenters. The van der Waals surface area contributed by atoms with E-state index in [4.69, 9.17) is 10.5 Å². The minimum Gasteiger partial charge on any atom is -0.380 e. The molecule has 0 aromatic carbocycles. The van der Waals surface area contributed by atoms with E-state index in [9.17, 15) is 0 Å². The second-order valence-corrected chi connectivity index (χ2v) is 5.74. The quantitative estimate of drug-likeness (QED) is 0.671. The molecular weight excluding hydrogens is 162 g/mol. The summed E-state index contributed by atoms with van der Waals surface area (Å²) in [6, 6.07) is 0. The maximum absolute atomic E-state index is 5.47. The molecule has 0 radical (unpaired) electrons. The molecule has 0 atom stereocenters. The Hall–Kier alpha value is -0.0800. The lowest BCUT2D eigenvalue weighted by atomic mass is 9.77. The van der Waals surface area contributed by atoms with Crippen molar-refractivity contribution in [1.82, 2.24) is 0 Å². The molecule has 2 heteroatoms. The minimum atomic E-state index is 0.257. The first-order chi connectivity index (χ1) is 5.77. The van der Waals surface area contributed by atoms with E-state index in [1.54, 1.807) is 0 Å². The van der Waals surface area contributed by atoms with Crippen LogP contribution in [0.3, 0.4) is 0 Å². The highest BCUT2D eigenvalue weighted by Gasteiger charge is 2.25. The van der Waals surface area contributed by atoms with Crippen molar-refractivity contribution in [3.63, 3.8) is 0 Å². The topological polar surface area (TPSA) is 35.2 Å². The third-order valence-corrected chi connectivity index (χ3v) is 1.76. The minimum absolute atomic E-state index is 0.257. The molecule has 0 aromatic rings. The fourth-order valence-corrected chi connectivity index (χ4v) is 1.92. The maximum atomic E-state index is 5.47. The molecule has 80 valence electrons. The van der Waals surface area contributed by atoms with E-state index in [-0.39, 0.29) is 5.41 Å². The van der Waals surface area contributed by atoms with Crippen LogP contribution in [0.25, 0.3) is 0 Å². The van der Waals surface area contributed by atoms with Gasteiger partial charge in [0.15, 0.2) is 0 Å². The Kier molecular flexibility index (Phi) is 4.93. The molecule has 0 spiro atoms. The summed E-state index contributed by atoms with van der Waals surface area (Å²) in [7, 11) is 0. The van der Waals surface area contributed by atoms with Gasteiger partial charge in [0.25, 0.3) is 0 Å². The van der Waals surface area contributed by atoms with Crippen molar-refractivity contribution in [2.45, 2.75) is 41.0 Å². The summed E-state index contributed by atoms with van der Waals surface area (Å²) in [6.07, 6.45) is 1.17. The standard InChI is InChI=1S/C11H25NO/c1-10(2,3)8-11(4,5)9-13-7-6-12/h6-9,12H2,1-5H3. The van der Waals surface area contributed by atoms with Crippen molar-refractivity contribution in [1.29, 1.82) is 0 Å². The van der Waals surface area contributed by atoms with E-state index in [0.29, 0.717) is 18.6 Å². The summed E-state index contributed by atoms with van der Waals surface area (Å²) < 4.78 is 5.47. The summed E-state index contributed by atoms with van der Waals surface area (Å²) in [5.74, 6) is 0. The molecule has 2 N–H and O–H groups in total. The van der Waals surface area contributed by atoms with Crippen LogP contribution in [0.2, 0.25) is 0 Å². The lowest BCUT2D eigenvalue weighted by molar-refractivity contribution is 0.0437. The van der Waals surface area contributed by atoms with E-state index in [1.807, 2.05) is 0 Å². The van der Waals surface area contributed by atoms with Gasteiger partial charge in [-0.2, -0.15) is 0 Å². The average Bonchev–Trinajstić information content (AvgIpc) is 1.81. The van der Waals surface area contributed by atoms with Crippen LogP contribution >= 0.6 is 0 Å². The molecule has 0 aliphatic rings. The lowest BCUT2D eigenvalue weighted by Crippen LogP contribution is -2.26. The molecule has 0 fully saturated rings. The van der Waals surface area contributed by atoms with Gasteiger partial charge in [0.05, 0.1) is 13.2 Å². The Morgan fingerprint density at radius 2 is 1.62 bits per heavy atom. The first-order valence-electron chi connectivity index (χ1n) is 5.05. The molecule has 2 nitrogen and oxygen atoms in total. The Morgan fingerprint density at radius 1 is 1.08 bits per heavy atom.